The van der Waals surface area contributed by atoms with Crippen LogP contribution in [0.15, 0.2) is 0 Å². The van der Waals surface area contributed by atoms with Gasteiger partial charge in [0.2, 0.25) is 5.91 Å². The molecule has 0 aromatic heterocycles. The predicted molar refractivity (Wildman–Crippen MR) is 64.0 cm³/mol. The highest BCUT2D eigenvalue weighted by molar-refractivity contribution is 5.82. The Labute approximate surface area is 97.9 Å². The van der Waals surface area contributed by atoms with Crippen molar-refractivity contribution in [2.75, 3.05) is 6.61 Å². The number of carbonyl (C=O) groups excluding carboxylic acids is 1. The average Bonchev–Trinajstić information content (AvgIpc) is 2.14. The van der Waals surface area contributed by atoms with Crippen molar-refractivity contribution < 1.29 is 9.53 Å². The van der Waals surface area contributed by atoms with Gasteiger partial charge in [-0.1, -0.05) is 13.8 Å². The maximum atomic E-state index is 11.8. The predicted octanol–water partition coefficient (Wildman–Crippen LogP) is 1.04. The molecule has 0 bridgehead atoms. The normalized spacial score (nSPS) is 26.5. The Morgan fingerprint density at radius 3 is 2.62 bits per heavy atom. The minimum atomic E-state index is -0.411. The zero-order valence-corrected chi connectivity index (χ0v) is 10.7. The summed E-state index contributed by atoms with van der Waals surface area (Å²) in [5.41, 5.74) is 5.66. The summed E-state index contributed by atoms with van der Waals surface area (Å²) in [4.78, 5) is 11.8. The summed E-state index contributed by atoms with van der Waals surface area (Å²) < 4.78 is 5.60. The first-order valence-electron chi connectivity index (χ1n) is 6.02. The second kappa shape index (κ2) is 5.15. The number of ether oxygens (including phenoxy) is 1. The average molecular weight is 228 g/mol. The molecule has 0 aliphatic carbocycles. The Morgan fingerprint density at radius 1 is 1.50 bits per heavy atom. The molecule has 0 radical (unpaired) electrons. The van der Waals surface area contributed by atoms with Crippen molar-refractivity contribution in [3.63, 3.8) is 0 Å². The lowest BCUT2D eigenvalue weighted by Gasteiger charge is -2.36. The van der Waals surface area contributed by atoms with Crippen molar-refractivity contribution in [2.24, 2.45) is 11.7 Å². The number of hydrogen-bond acceptors (Lipinski definition) is 3. The Hall–Kier alpha value is -0.610. The smallest absolute Gasteiger partial charge is 0.237 e. The van der Waals surface area contributed by atoms with E-state index in [9.17, 15) is 4.79 Å². The molecule has 3 N–H and O–H groups in total. The van der Waals surface area contributed by atoms with E-state index in [0.29, 0.717) is 6.61 Å². The van der Waals surface area contributed by atoms with Crippen LogP contribution in [0.5, 0.6) is 0 Å². The van der Waals surface area contributed by atoms with Crippen molar-refractivity contribution >= 4 is 5.91 Å². The zero-order valence-electron chi connectivity index (χ0n) is 10.7. The number of nitrogens with two attached hydrogens (primary N) is 1. The molecular formula is C12H24N2O2. The molecule has 2 atom stereocenters. The van der Waals surface area contributed by atoms with E-state index in [1.54, 1.807) is 0 Å². The fraction of sp³-hybridized carbons (Fsp3) is 0.917. The Balaban J connectivity index is 2.45. The highest BCUT2D eigenvalue weighted by Gasteiger charge is 2.30. The minimum Gasteiger partial charge on any atom is -0.375 e. The van der Waals surface area contributed by atoms with Crippen LogP contribution in [0.2, 0.25) is 0 Å². The van der Waals surface area contributed by atoms with Gasteiger partial charge >= 0.3 is 0 Å². The SMILES string of the molecule is CC(C)[C@H](N)C(=O)NC1CCOC(C)(C)C1. The van der Waals surface area contributed by atoms with Gasteiger partial charge in [0.1, 0.15) is 0 Å². The third-order valence-electron chi connectivity index (χ3n) is 3.06. The van der Waals surface area contributed by atoms with E-state index in [4.69, 9.17) is 10.5 Å². The number of nitrogens with one attached hydrogen (secondary N) is 1. The van der Waals surface area contributed by atoms with E-state index in [2.05, 4.69) is 5.32 Å². The zero-order chi connectivity index (χ0) is 12.3. The summed E-state index contributed by atoms with van der Waals surface area (Å²) in [6.45, 7) is 8.71. The van der Waals surface area contributed by atoms with E-state index in [-0.39, 0.29) is 23.5 Å². The molecule has 1 aliphatic rings. The first kappa shape index (κ1) is 13.5. The van der Waals surface area contributed by atoms with E-state index >= 15 is 0 Å². The molecular weight excluding hydrogens is 204 g/mol. The molecule has 0 saturated carbocycles. The van der Waals surface area contributed by atoms with Crippen molar-refractivity contribution in [3.8, 4) is 0 Å². The van der Waals surface area contributed by atoms with E-state index < -0.39 is 6.04 Å². The second-order valence-electron chi connectivity index (χ2n) is 5.58. The molecule has 4 nitrogen and oxygen atoms in total. The van der Waals surface area contributed by atoms with Gasteiger partial charge in [-0.15, -0.1) is 0 Å². The number of rotatable bonds is 3. The van der Waals surface area contributed by atoms with Crippen LogP contribution in [0.4, 0.5) is 0 Å². The van der Waals surface area contributed by atoms with Crippen LogP contribution in [-0.2, 0) is 9.53 Å². The molecule has 1 saturated heterocycles. The van der Waals surface area contributed by atoms with Crippen LogP contribution in [0.25, 0.3) is 0 Å². The minimum absolute atomic E-state index is 0.0438. The van der Waals surface area contributed by atoms with Crippen LogP contribution < -0.4 is 11.1 Å². The number of hydrogen-bond donors (Lipinski definition) is 2. The number of amides is 1. The second-order valence-corrected chi connectivity index (χ2v) is 5.58. The lowest BCUT2D eigenvalue weighted by atomic mass is 9.93. The molecule has 1 amide bonds. The molecule has 1 unspecified atom stereocenters. The lowest BCUT2D eigenvalue weighted by molar-refractivity contribution is -0.126. The first-order valence-corrected chi connectivity index (χ1v) is 6.02. The first-order chi connectivity index (χ1) is 7.32. The van der Waals surface area contributed by atoms with Crippen molar-refractivity contribution in [3.05, 3.63) is 0 Å². The van der Waals surface area contributed by atoms with Gasteiger partial charge in [0.25, 0.3) is 0 Å². The van der Waals surface area contributed by atoms with E-state index in [1.807, 2.05) is 27.7 Å². The Morgan fingerprint density at radius 2 is 2.12 bits per heavy atom. The molecule has 1 fully saturated rings. The summed E-state index contributed by atoms with van der Waals surface area (Å²) in [6, 6.07) is -0.216. The molecule has 94 valence electrons. The molecule has 1 rings (SSSR count). The highest BCUT2D eigenvalue weighted by Crippen LogP contribution is 2.23. The van der Waals surface area contributed by atoms with Crippen LogP contribution in [0.3, 0.4) is 0 Å². The van der Waals surface area contributed by atoms with Gasteiger partial charge in [-0.3, -0.25) is 4.79 Å². The monoisotopic (exact) mass is 228 g/mol. The molecule has 0 spiro atoms. The van der Waals surface area contributed by atoms with Crippen molar-refractivity contribution in [1.29, 1.82) is 0 Å². The molecule has 16 heavy (non-hydrogen) atoms. The lowest BCUT2D eigenvalue weighted by Crippen LogP contribution is -2.51. The van der Waals surface area contributed by atoms with Crippen LogP contribution in [0, 0.1) is 5.92 Å². The van der Waals surface area contributed by atoms with Gasteiger partial charge in [0.15, 0.2) is 0 Å². The maximum absolute atomic E-state index is 11.8. The van der Waals surface area contributed by atoms with Crippen LogP contribution in [0.1, 0.15) is 40.5 Å². The van der Waals surface area contributed by atoms with Gasteiger partial charge in [-0.25, -0.2) is 0 Å². The Kier molecular flexibility index (Phi) is 4.33. The fourth-order valence-corrected chi connectivity index (χ4v) is 1.96. The quantitative estimate of drug-likeness (QED) is 0.758. The summed E-state index contributed by atoms with van der Waals surface area (Å²) >= 11 is 0. The van der Waals surface area contributed by atoms with Gasteiger partial charge in [-0.2, -0.15) is 0 Å². The van der Waals surface area contributed by atoms with Gasteiger partial charge < -0.3 is 15.8 Å². The van der Waals surface area contributed by atoms with E-state index in [0.717, 1.165) is 12.8 Å². The van der Waals surface area contributed by atoms with Crippen molar-refractivity contribution in [2.45, 2.75) is 58.2 Å². The molecule has 4 heteroatoms. The van der Waals surface area contributed by atoms with Gasteiger partial charge in [0.05, 0.1) is 11.6 Å². The molecule has 0 aromatic rings. The molecule has 1 heterocycles. The molecule has 1 aliphatic heterocycles. The van der Waals surface area contributed by atoms with Crippen LogP contribution in [-0.4, -0.2) is 30.2 Å². The van der Waals surface area contributed by atoms with Gasteiger partial charge in [-0.05, 0) is 32.6 Å². The summed E-state index contributed by atoms with van der Waals surface area (Å²) in [6.07, 6.45) is 1.73. The topological polar surface area (TPSA) is 64.4 Å². The fourth-order valence-electron chi connectivity index (χ4n) is 1.96. The maximum Gasteiger partial charge on any atom is 0.237 e. The third-order valence-corrected chi connectivity index (χ3v) is 3.06. The Bertz CT molecular complexity index is 251. The highest BCUT2D eigenvalue weighted by atomic mass is 16.5. The summed E-state index contributed by atoms with van der Waals surface area (Å²) in [5, 5.41) is 3.01. The molecule has 0 aromatic carbocycles. The van der Waals surface area contributed by atoms with Crippen LogP contribution >= 0.6 is 0 Å². The third kappa shape index (κ3) is 3.76. The van der Waals surface area contributed by atoms with E-state index in [1.165, 1.54) is 0 Å². The van der Waals surface area contributed by atoms with Crippen molar-refractivity contribution in [1.82, 2.24) is 5.32 Å². The largest absolute Gasteiger partial charge is 0.375 e. The number of carbonyl (C=O) groups is 1. The van der Waals surface area contributed by atoms with Gasteiger partial charge in [0, 0.05) is 12.6 Å². The summed E-state index contributed by atoms with van der Waals surface area (Å²) in [7, 11) is 0. The summed E-state index contributed by atoms with van der Waals surface area (Å²) in [5.74, 6) is 0.130. The standard InChI is InChI=1S/C12H24N2O2/c1-8(2)10(13)11(15)14-9-5-6-16-12(3,4)7-9/h8-10H,5-7,13H2,1-4H3,(H,14,15)/t9?,10-/m0/s1.